The Kier molecular flexibility index (Phi) is 11.3. The fourth-order valence-corrected chi connectivity index (χ4v) is 3.14. The maximum Gasteiger partial charge on any atom is 0.251 e. The Morgan fingerprint density at radius 3 is 2.90 bits per heavy atom. The molecule has 1 fully saturated rings. The van der Waals surface area contributed by atoms with Crippen LogP contribution in [0.2, 0.25) is 0 Å². The lowest BCUT2D eigenvalue weighted by atomic mass is 10.1. The van der Waals surface area contributed by atoms with Crippen LogP contribution in [0.25, 0.3) is 0 Å². The van der Waals surface area contributed by atoms with Gasteiger partial charge in [0.05, 0.1) is 12.6 Å². The Balaban J connectivity index is 1.79. The summed E-state index contributed by atoms with van der Waals surface area (Å²) >= 11 is 0. The summed E-state index contributed by atoms with van der Waals surface area (Å²) in [5, 5.41) is 9.56. The number of rotatable bonds is 12. The van der Waals surface area contributed by atoms with E-state index in [1.165, 1.54) is 0 Å². The number of guanidine groups is 1. The SMILES string of the molecule is CCNC(=NCc1cccc(C(=O)NCC2CCCO2)c1)NCCCOCC(C)C. The second kappa shape index (κ2) is 14.0. The number of aliphatic imine (C=N–C) groups is 1. The molecule has 0 radical (unpaired) electrons. The van der Waals surface area contributed by atoms with Crippen LogP contribution >= 0.6 is 0 Å². The maximum atomic E-state index is 12.4. The first-order valence-corrected chi connectivity index (χ1v) is 11.2. The molecule has 2 rings (SSSR count). The summed E-state index contributed by atoms with van der Waals surface area (Å²) in [7, 11) is 0. The van der Waals surface area contributed by atoms with Crippen LogP contribution in [0.15, 0.2) is 29.3 Å². The molecule has 3 N–H and O–H groups in total. The number of hydrogen-bond donors (Lipinski definition) is 3. The van der Waals surface area contributed by atoms with Crippen LogP contribution in [-0.4, -0.2) is 57.4 Å². The van der Waals surface area contributed by atoms with Gasteiger partial charge in [0.25, 0.3) is 5.91 Å². The van der Waals surface area contributed by atoms with E-state index in [2.05, 4.69) is 34.8 Å². The number of nitrogens with one attached hydrogen (secondary N) is 3. The third-order valence-electron chi connectivity index (χ3n) is 4.68. The fraction of sp³-hybridized carbons (Fsp3) is 0.652. The smallest absolute Gasteiger partial charge is 0.251 e. The minimum Gasteiger partial charge on any atom is -0.381 e. The molecule has 7 heteroatoms. The molecule has 0 aliphatic carbocycles. The van der Waals surface area contributed by atoms with Crippen LogP contribution < -0.4 is 16.0 Å². The van der Waals surface area contributed by atoms with E-state index in [1.807, 2.05) is 31.2 Å². The van der Waals surface area contributed by atoms with E-state index in [1.54, 1.807) is 0 Å². The highest BCUT2D eigenvalue weighted by Gasteiger charge is 2.16. The van der Waals surface area contributed by atoms with E-state index in [0.29, 0.717) is 24.6 Å². The molecule has 30 heavy (non-hydrogen) atoms. The molecule has 1 atom stereocenters. The lowest BCUT2D eigenvalue weighted by Crippen LogP contribution is -2.38. The molecule has 1 aromatic rings. The molecular formula is C23H38N4O3. The van der Waals surface area contributed by atoms with Gasteiger partial charge in [0.2, 0.25) is 0 Å². The summed E-state index contributed by atoms with van der Waals surface area (Å²) in [6.07, 6.45) is 3.16. The number of carbonyl (C=O) groups is 1. The van der Waals surface area contributed by atoms with Gasteiger partial charge in [-0.05, 0) is 49.8 Å². The van der Waals surface area contributed by atoms with Crippen LogP contribution in [0, 0.1) is 5.92 Å². The summed E-state index contributed by atoms with van der Waals surface area (Å²) in [4.78, 5) is 17.1. The van der Waals surface area contributed by atoms with Crippen molar-refractivity contribution in [2.75, 3.05) is 39.5 Å². The van der Waals surface area contributed by atoms with Crippen molar-refractivity contribution in [3.8, 4) is 0 Å². The van der Waals surface area contributed by atoms with Gasteiger partial charge in [-0.25, -0.2) is 4.99 Å². The fourth-order valence-electron chi connectivity index (χ4n) is 3.14. The molecule has 1 aliphatic rings. The Morgan fingerprint density at radius 2 is 2.17 bits per heavy atom. The van der Waals surface area contributed by atoms with Gasteiger partial charge in [0.1, 0.15) is 0 Å². The van der Waals surface area contributed by atoms with Gasteiger partial charge in [-0.2, -0.15) is 0 Å². The molecule has 1 saturated heterocycles. The molecule has 1 unspecified atom stereocenters. The van der Waals surface area contributed by atoms with Crippen molar-refractivity contribution >= 4 is 11.9 Å². The van der Waals surface area contributed by atoms with E-state index in [-0.39, 0.29) is 12.0 Å². The van der Waals surface area contributed by atoms with Crippen LogP contribution in [0.5, 0.6) is 0 Å². The predicted molar refractivity (Wildman–Crippen MR) is 121 cm³/mol. The van der Waals surface area contributed by atoms with Crippen molar-refractivity contribution in [3.05, 3.63) is 35.4 Å². The summed E-state index contributed by atoms with van der Waals surface area (Å²) in [5.41, 5.74) is 1.65. The van der Waals surface area contributed by atoms with Gasteiger partial charge >= 0.3 is 0 Å². The largest absolute Gasteiger partial charge is 0.381 e. The van der Waals surface area contributed by atoms with E-state index in [9.17, 15) is 4.79 Å². The molecule has 0 bridgehead atoms. The second-order valence-corrected chi connectivity index (χ2v) is 7.99. The average molecular weight is 419 g/mol. The van der Waals surface area contributed by atoms with Crippen molar-refractivity contribution in [1.29, 1.82) is 0 Å². The first-order chi connectivity index (χ1) is 14.6. The zero-order chi connectivity index (χ0) is 21.6. The minimum absolute atomic E-state index is 0.0669. The highest BCUT2D eigenvalue weighted by Crippen LogP contribution is 2.11. The molecule has 1 amide bonds. The second-order valence-electron chi connectivity index (χ2n) is 7.99. The molecular weight excluding hydrogens is 380 g/mol. The molecule has 0 spiro atoms. The topological polar surface area (TPSA) is 84.0 Å². The summed E-state index contributed by atoms with van der Waals surface area (Å²) in [6.45, 7) is 11.3. The van der Waals surface area contributed by atoms with Crippen molar-refractivity contribution in [1.82, 2.24) is 16.0 Å². The average Bonchev–Trinajstić information content (AvgIpc) is 3.26. The van der Waals surface area contributed by atoms with Crippen molar-refractivity contribution in [2.45, 2.75) is 52.7 Å². The lowest BCUT2D eigenvalue weighted by Gasteiger charge is -2.12. The Hall–Kier alpha value is -2.12. The lowest BCUT2D eigenvalue weighted by molar-refractivity contribution is 0.0857. The van der Waals surface area contributed by atoms with Gasteiger partial charge in [0, 0.05) is 45.0 Å². The zero-order valence-electron chi connectivity index (χ0n) is 18.7. The zero-order valence-corrected chi connectivity index (χ0v) is 18.7. The number of carbonyl (C=O) groups excluding carboxylic acids is 1. The molecule has 1 heterocycles. The normalized spacial score (nSPS) is 16.7. The maximum absolute atomic E-state index is 12.4. The van der Waals surface area contributed by atoms with Gasteiger partial charge in [-0.3, -0.25) is 4.79 Å². The van der Waals surface area contributed by atoms with Crippen LogP contribution in [0.4, 0.5) is 0 Å². The molecule has 1 aromatic carbocycles. The highest BCUT2D eigenvalue weighted by atomic mass is 16.5. The van der Waals surface area contributed by atoms with Gasteiger partial charge in [-0.1, -0.05) is 26.0 Å². The summed E-state index contributed by atoms with van der Waals surface area (Å²) in [6, 6.07) is 7.62. The quantitative estimate of drug-likeness (QED) is 0.276. The van der Waals surface area contributed by atoms with E-state index in [0.717, 1.165) is 63.7 Å². The third-order valence-corrected chi connectivity index (χ3v) is 4.68. The van der Waals surface area contributed by atoms with Crippen LogP contribution in [0.3, 0.4) is 0 Å². The molecule has 1 aliphatic heterocycles. The summed E-state index contributed by atoms with van der Waals surface area (Å²) in [5.74, 6) is 1.27. The standard InChI is InChI=1S/C23H38N4O3/c1-4-24-23(25-11-7-12-29-17-18(2)3)27-15-19-8-5-9-20(14-19)22(28)26-16-21-10-6-13-30-21/h5,8-9,14,18,21H,4,6-7,10-13,15-17H2,1-3H3,(H,26,28)(H2,24,25,27). The van der Waals surface area contributed by atoms with E-state index >= 15 is 0 Å². The molecule has 0 saturated carbocycles. The third kappa shape index (κ3) is 9.59. The Labute approximate surface area is 181 Å². The van der Waals surface area contributed by atoms with Gasteiger partial charge < -0.3 is 25.4 Å². The van der Waals surface area contributed by atoms with Crippen molar-refractivity contribution in [2.24, 2.45) is 10.9 Å². The highest BCUT2D eigenvalue weighted by molar-refractivity contribution is 5.94. The van der Waals surface area contributed by atoms with Crippen molar-refractivity contribution in [3.63, 3.8) is 0 Å². The number of ether oxygens (including phenoxy) is 2. The number of amides is 1. The number of nitrogens with zero attached hydrogens (tertiary/aromatic N) is 1. The Morgan fingerprint density at radius 1 is 1.30 bits per heavy atom. The van der Waals surface area contributed by atoms with E-state index < -0.39 is 0 Å². The molecule has 168 valence electrons. The first kappa shape index (κ1) is 24.2. The van der Waals surface area contributed by atoms with Gasteiger partial charge in [-0.15, -0.1) is 0 Å². The monoisotopic (exact) mass is 418 g/mol. The molecule has 7 nitrogen and oxygen atoms in total. The van der Waals surface area contributed by atoms with E-state index in [4.69, 9.17) is 9.47 Å². The first-order valence-electron chi connectivity index (χ1n) is 11.2. The summed E-state index contributed by atoms with van der Waals surface area (Å²) < 4.78 is 11.2. The predicted octanol–water partition coefficient (Wildman–Crippen LogP) is 2.71. The molecule has 0 aromatic heterocycles. The van der Waals surface area contributed by atoms with Gasteiger partial charge in [0.15, 0.2) is 5.96 Å². The minimum atomic E-state index is -0.0669. The van der Waals surface area contributed by atoms with Crippen LogP contribution in [-0.2, 0) is 16.0 Å². The van der Waals surface area contributed by atoms with Crippen LogP contribution in [0.1, 0.15) is 56.0 Å². The number of benzene rings is 1. The number of hydrogen-bond acceptors (Lipinski definition) is 4. The van der Waals surface area contributed by atoms with Crippen molar-refractivity contribution < 1.29 is 14.3 Å². The Bertz CT molecular complexity index is 658.